The van der Waals surface area contributed by atoms with Gasteiger partial charge >= 0.3 is 10.3 Å². The second kappa shape index (κ2) is 5.98. The summed E-state index contributed by atoms with van der Waals surface area (Å²) in [4.78, 5) is 0. The Balaban J connectivity index is 1.90. The van der Waals surface area contributed by atoms with E-state index in [4.69, 9.17) is 30.4 Å². The van der Waals surface area contributed by atoms with Gasteiger partial charge in [0.05, 0.1) is 6.61 Å². The van der Waals surface area contributed by atoms with Crippen molar-refractivity contribution in [2.75, 3.05) is 6.61 Å². The van der Waals surface area contributed by atoms with Crippen LogP contribution in [0.4, 0.5) is 0 Å². The highest BCUT2D eigenvalue weighted by Crippen LogP contribution is 2.45. The zero-order chi connectivity index (χ0) is 15.8. The number of nitrogens with two attached hydrogens (primary N) is 1. The first-order chi connectivity index (χ1) is 10.4. The van der Waals surface area contributed by atoms with Crippen molar-refractivity contribution in [3.63, 3.8) is 0 Å². The lowest BCUT2D eigenvalue weighted by Gasteiger charge is -2.44. The molecular formula is C14H18ClNO5S. The number of rotatable bonds is 3. The van der Waals surface area contributed by atoms with Crippen LogP contribution in [0.5, 0.6) is 5.75 Å². The number of fused-ring (bicyclic) bond motifs is 1. The molecule has 1 unspecified atom stereocenters. The molecule has 0 radical (unpaired) electrons. The fraction of sp³-hybridized carbons (Fsp3) is 0.571. The van der Waals surface area contributed by atoms with Crippen molar-refractivity contribution in [2.24, 2.45) is 5.14 Å². The van der Waals surface area contributed by atoms with Crippen LogP contribution in [-0.4, -0.2) is 20.8 Å². The maximum absolute atomic E-state index is 11.1. The summed E-state index contributed by atoms with van der Waals surface area (Å²) < 4.78 is 39.0. The normalized spacial score (nSPS) is 23.8. The van der Waals surface area contributed by atoms with E-state index in [9.17, 15) is 8.42 Å². The Labute approximate surface area is 134 Å². The van der Waals surface area contributed by atoms with E-state index in [1.165, 1.54) is 0 Å². The highest BCUT2D eigenvalue weighted by atomic mass is 35.5. The Morgan fingerprint density at radius 2 is 2.05 bits per heavy atom. The molecule has 0 saturated heterocycles. The average molecular weight is 348 g/mol. The van der Waals surface area contributed by atoms with Gasteiger partial charge in [0.15, 0.2) is 0 Å². The molecule has 1 aliphatic carbocycles. The van der Waals surface area contributed by atoms with Crippen LogP contribution in [0.1, 0.15) is 43.8 Å². The Kier molecular flexibility index (Phi) is 4.35. The van der Waals surface area contributed by atoms with E-state index in [-0.39, 0.29) is 6.61 Å². The van der Waals surface area contributed by atoms with Gasteiger partial charge in [0.25, 0.3) is 0 Å². The Morgan fingerprint density at radius 3 is 2.73 bits per heavy atom. The van der Waals surface area contributed by atoms with Crippen molar-refractivity contribution in [1.82, 2.24) is 0 Å². The van der Waals surface area contributed by atoms with E-state index >= 15 is 0 Å². The first-order valence-electron chi connectivity index (χ1n) is 7.20. The van der Waals surface area contributed by atoms with Crippen molar-refractivity contribution in [1.29, 1.82) is 0 Å². The number of benzene rings is 1. The maximum Gasteiger partial charge on any atom is 0.333 e. The third kappa shape index (κ3) is 3.55. The van der Waals surface area contributed by atoms with E-state index in [0.717, 1.165) is 32.1 Å². The van der Waals surface area contributed by atoms with E-state index in [2.05, 4.69) is 0 Å². The Hall–Kier alpha value is -0.860. The van der Waals surface area contributed by atoms with Gasteiger partial charge < -0.3 is 9.47 Å². The molecule has 1 spiro atoms. The third-order valence-electron chi connectivity index (χ3n) is 3.97. The largest absolute Gasteiger partial charge is 0.462 e. The molecule has 0 bridgehead atoms. The molecule has 2 N–H and O–H groups in total. The lowest BCUT2D eigenvalue weighted by molar-refractivity contribution is -0.249. The van der Waals surface area contributed by atoms with Gasteiger partial charge in [0.1, 0.15) is 11.9 Å². The highest BCUT2D eigenvalue weighted by molar-refractivity contribution is 7.84. The molecule has 1 aliphatic heterocycles. The lowest BCUT2D eigenvalue weighted by atomic mass is 9.92. The molecule has 8 heteroatoms. The van der Waals surface area contributed by atoms with E-state index in [0.29, 0.717) is 16.3 Å². The van der Waals surface area contributed by atoms with Gasteiger partial charge in [-0.1, -0.05) is 18.0 Å². The number of hydrogen-bond donors (Lipinski definition) is 1. The van der Waals surface area contributed by atoms with Gasteiger partial charge in [-0.15, -0.1) is 0 Å². The van der Waals surface area contributed by atoms with Crippen molar-refractivity contribution in [3.8, 4) is 5.75 Å². The second-order valence-corrected chi connectivity index (χ2v) is 7.30. The smallest absolute Gasteiger partial charge is 0.333 e. The van der Waals surface area contributed by atoms with Crippen molar-refractivity contribution >= 4 is 21.9 Å². The molecule has 22 heavy (non-hydrogen) atoms. The van der Waals surface area contributed by atoms with Gasteiger partial charge in [0.2, 0.25) is 5.79 Å². The van der Waals surface area contributed by atoms with Gasteiger partial charge in [-0.25, -0.2) is 5.14 Å². The van der Waals surface area contributed by atoms with Crippen LogP contribution in [0.25, 0.3) is 0 Å². The predicted molar refractivity (Wildman–Crippen MR) is 80.8 cm³/mol. The third-order valence-corrected chi connectivity index (χ3v) is 4.67. The first kappa shape index (κ1) is 16.0. The van der Waals surface area contributed by atoms with Gasteiger partial charge in [-0.3, -0.25) is 4.18 Å². The maximum atomic E-state index is 11.1. The van der Waals surface area contributed by atoms with Gasteiger partial charge in [-0.05, 0) is 31.0 Å². The predicted octanol–water partition coefficient (Wildman–Crippen LogP) is 2.67. The van der Waals surface area contributed by atoms with Crippen LogP contribution < -0.4 is 9.88 Å². The SMILES string of the molecule is NS(=O)(=O)OCC1OC2(CCCCC2)Oc2ccc(Cl)cc21. The van der Waals surface area contributed by atoms with Crippen LogP contribution in [-0.2, 0) is 19.2 Å². The molecule has 122 valence electrons. The molecule has 3 rings (SSSR count). The fourth-order valence-electron chi connectivity index (χ4n) is 3.00. The molecule has 1 aromatic carbocycles. The molecule has 6 nitrogen and oxygen atoms in total. The summed E-state index contributed by atoms with van der Waals surface area (Å²) in [6.07, 6.45) is 4.10. The Morgan fingerprint density at radius 1 is 1.32 bits per heavy atom. The number of ether oxygens (including phenoxy) is 2. The Bertz CT molecular complexity index is 657. The number of halogens is 1. The summed E-state index contributed by atoms with van der Waals surface area (Å²) in [5.41, 5.74) is 0.673. The van der Waals surface area contributed by atoms with Crippen molar-refractivity contribution in [2.45, 2.75) is 44.0 Å². The molecule has 1 saturated carbocycles. The minimum absolute atomic E-state index is 0.197. The van der Waals surface area contributed by atoms with Gasteiger partial charge in [0, 0.05) is 23.4 Å². The van der Waals surface area contributed by atoms with Crippen LogP contribution >= 0.6 is 11.6 Å². The molecule has 1 atom stereocenters. The minimum Gasteiger partial charge on any atom is -0.462 e. The summed E-state index contributed by atoms with van der Waals surface area (Å²) in [6, 6.07) is 5.21. The summed E-state index contributed by atoms with van der Waals surface area (Å²) >= 11 is 6.01. The summed E-state index contributed by atoms with van der Waals surface area (Å²) in [6.45, 7) is -0.197. The molecular weight excluding hydrogens is 330 g/mol. The molecule has 1 fully saturated rings. The summed E-state index contributed by atoms with van der Waals surface area (Å²) in [5.74, 6) is -0.0635. The minimum atomic E-state index is -4.03. The van der Waals surface area contributed by atoms with Crippen molar-refractivity contribution in [3.05, 3.63) is 28.8 Å². The summed E-state index contributed by atoms with van der Waals surface area (Å²) in [5, 5.41) is 5.43. The molecule has 0 amide bonds. The molecule has 1 aromatic rings. The van der Waals surface area contributed by atoms with E-state index < -0.39 is 22.2 Å². The van der Waals surface area contributed by atoms with Crippen molar-refractivity contribution < 1.29 is 22.1 Å². The summed E-state index contributed by atoms with van der Waals surface area (Å²) in [7, 11) is -4.03. The molecule has 2 aliphatic rings. The van der Waals surface area contributed by atoms with Crippen LogP contribution in [0.15, 0.2) is 18.2 Å². The monoisotopic (exact) mass is 347 g/mol. The highest BCUT2D eigenvalue weighted by Gasteiger charge is 2.43. The van der Waals surface area contributed by atoms with Crippen LogP contribution in [0, 0.1) is 0 Å². The van der Waals surface area contributed by atoms with E-state index in [1.807, 2.05) is 0 Å². The number of hydrogen-bond acceptors (Lipinski definition) is 5. The van der Waals surface area contributed by atoms with Gasteiger partial charge in [-0.2, -0.15) is 8.42 Å². The average Bonchev–Trinajstić information content (AvgIpc) is 2.45. The topological polar surface area (TPSA) is 87.9 Å². The standard InChI is InChI=1S/C14H18ClNO5S/c15-10-4-5-12-11(8-10)13(9-19-22(16,17)18)21-14(20-12)6-2-1-3-7-14/h4-5,8,13H,1-3,6-7,9H2,(H2,16,17,18). The fourth-order valence-corrected chi connectivity index (χ4v) is 3.50. The van der Waals surface area contributed by atoms with Crippen LogP contribution in [0.3, 0.4) is 0 Å². The molecule has 1 heterocycles. The first-order valence-corrected chi connectivity index (χ1v) is 9.05. The van der Waals surface area contributed by atoms with Crippen LogP contribution in [0.2, 0.25) is 5.02 Å². The quantitative estimate of drug-likeness (QED) is 0.908. The lowest BCUT2D eigenvalue weighted by Crippen LogP contribution is -2.46. The zero-order valence-corrected chi connectivity index (χ0v) is 13.5. The second-order valence-electron chi connectivity index (χ2n) is 5.64. The zero-order valence-electron chi connectivity index (χ0n) is 12.0. The molecule has 0 aromatic heterocycles. The van der Waals surface area contributed by atoms with E-state index in [1.54, 1.807) is 18.2 Å².